The molecule has 0 amide bonds. The Morgan fingerprint density at radius 1 is 1.19 bits per heavy atom. The van der Waals surface area contributed by atoms with Crippen LogP contribution in [0.25, 0.3) is 0 Å². The largest absolute Gasteiger partial charge is 0.471 e. The smallest absolute Gasteiger partial charge is 0.256 e. The van der Waals surface area contributed by atoms with Crippen molar-refractivity contribution in [2.75, 3.05) is 36.5 Å². The molecular weight excluding hydrogens is 485 g/mol. The molecule has 2 fully saturated rings. The first-order valence-electron chi connectivity index (χ1n) is 11.8. The summed E-state index contributed by atoms with van der Waals surface area (Å²) in [5, 5.41) is 12.2. The van der Waals surface area contributed by atoms with Gasteiger partial charge in [0.1, 0.15) is 12.4 Å². The molecule has 5 rings (SSSR count). The molecule has 0 radical (unpaired) electrons. The molecule has 2 unspecified atom stereocenters. The fraction of sp³-hybridized carbons (Fsp3) is 0.400. The molecule has 186 valence electrons. The number of hydrogen-bond acceptors (Lipinski definition) is 9. The van der Waals surface area contributed by atoms with Gasteiger partial charge in [-0.3, -0.25) is 0 Å². The van der Waals surface area contributed by atoms with Gasteiger partial charge in [0.15, 0.2) is 5.82 Å². The number of nitriles is 1. The predicted molar refractivity (Wildman–Crippen MR) is 132 cm³/mol. The summed E-state index contributed by atoms with van der Waals surface area (Å²) in [5.41, 5.74) is 1.94. The molecular formula is C25H25ClFN7O2. The Morgan fingerprint density at radius 3 is 2.61 bits per heavy atom. The van der Waals surface area contributed by atoms with Gasteiger partial charge in [-0.25, -0.2) is 15.0 Å². The molecule has 0 saturated carbocycles. The first-order valence-corrected chi connectivity index (χ1v) is 12.2. The number of ether oxygens (including phenoxy) is 2. The first-order chi connectivity index (χ1) is 17.6. The van der Waals surface area contributed by atoms with Crippen molar-refractivity contribution in [1.82, 2.24) is 19.9 Å². The van der Waals surface area contributed by atoms with Crippen LogP contribution in [-0.4, -0.2) is 52.3 Å². The summed E-state index contributed by atoms with van der Waals surface area (Å²) in [6.07, 6.45) is 6.73. The molecule has 3 aromatic rings. The van der Waals surface area contributed by atoms with Gasteiger partial charge in [-0.2, -0.15) is 14.6 Å². The van der Waals surface area contributed by atoms with Crippen LogP contribution >= 0.6 is 11.6 Å². The summed E-state index contributed by atoms with van der Waals surface area (Å²) in [6, 6.07) is 6.69. The lowest BCUT2D eigenvalue weighted by atomic mass is 9.84. The van der Waals surface area contributed by atoms with E-state index >= 15 is 4.39 Å². The fourth-order valence-electron chi connectivity index (χ4n) is 4.65. The van der Waals surface area contributed by atoms with Crippen molar-refractivity contribution in [3.8, 4) is 11.9 Å². The number of nitrogens with one attached hydrogen (secondary N) is 1. The lowest BCUT2D eigenvalue weighted by Crippen LogP contribution is -2.58. The quantitative estimate of drug-likeness (QED) is 0.502. The third-order valence-corrected chi connectivity index (χ3v) is 6.69. The second-order valence-electron chi connectivity index (χ2n) is 8.96. The maximum atomic E-state index is 15.3. The Kier molecular flexibility index (Phi) is 7.11. The second-order valence-corrected chi connectivity index (χ2v) is 9.37. The monoisotopic (exact) mass is 509 g/mol. The van der Waals surface area contributed by atoms with Crippen molar-refractivity contribution < 1.29 is 13.9 Å². The predicted octanol–water partition coefficient (Wildman–Crippen LogP) is 4.16. The SMILES string of the molecule is CCCc1cnc(N2CC3COCC(C2)C3Oc2ncnc(Nc3ccc(C#N)cc3Cl)c2F)nc1. The van der Waals surface area contributed by atoms with E-state index in [1.54, 1.807) is 12.1 Å². The van der Waals surface area contributed by atoms with Gasteiger partial charge in [0, 0.05) is 37.3 Å². The Bertz CT molecular complexity index is 1260. The van der Waals surface area contributed by atoms with Crippen molar-refractivity contribution in [2.24, 2.45) is 11.8 Å². The summed E-state index contributed by atoms with van der Waals surface area (Å²) in [4.78, 5) is 19.3. The van der Waals surface area contributed by atoms with E-state index in [4.69, 9.17) is 26.3 Å². The van der Waals surface area contributed by atoms with E-state index in [1.165, 1.54) is 12.4 Å². The summed E-state index contributed by atoms with van der Waals surface area (Å²) in [5.74, 6) is -0.234. The Morgan fingerprint density at radius 2 is 1.94 bits per heavy atom. The van der Waals surface area contributed by atoms with Gasteiger partial charge in [0.25, 0.3) is 5.88 Å². The molecule has 4 heterocycles. The molecule has 0 aliphatic carbocycles. The van der Waals surface area contributed by atoms with Gasteiger partial charge in [-0.1, -0.05) is 24.9 Å². The Labute approximate surface area is 213 Å². The third kappa shape index (κ3) is 5.03. The number of fused-ring (bicyclic) bond motifs is 2. The van der Waals surface area contributed by atoms with E-state index in [0.717, 1.165) is 18.4 Å². The van der Waals surface area contributed by atoms with Gasteiger partial charge in [0.05, 0.1) is 35.6 Å². The molecule has 2 bridgehead atoms. The van der Waals surface area contributed by atoms with Crippen LogP contribution in [0.5, 0.6) is 5.88 Å². The van der Waals surface area contributed by atoms with E-state index < -0.39 is 5.82 Å². The highest BCUT2D eigenvalue weighted by atomic mass is 35.5. The molecule has 2 saturated heterocycles. The molecule has 2 atom stereocenters. The van der Waals surface area contributed by atoms with Gasteiger partial charge < -0.3 is 19.7 Å². The van der Waals surface area contributed by atoms with E-state index in [2.05, 4.69) is 37.1 Å². The number of piperidine rings is 1. The number of hydrogen-bond donors (Lipinski definition) is 1. The van der Waals surface area contributed by atoms with Crippen LogP contribution in [0, 0.1) is 29.0 Å². The van der Waals surface area contributed by atoms with Gasteiger partial charge >= 0.3 is 0 Å². The lowest BCUT2D eigenvalue weighted by Gasteiger charge is -2.46. The van der Waals surface area contributed by atoms with Crippen LogP contribution in [0.3, 0.4) is 0 Å². The summed E-state index contributed by atoms with van der Waals surface area (Å²) < 4.78 is 27.3. The summed E-state index contributed by atoms with van der Waals surface area (Å²) in [7, 11) is 0. The zero-order valence-corrected chi connectivity index (χ0v) is 20.5. The fourth-order valence-corrected chi connectivity index (χ4v) is 4.88. The molecule has 2 aliphatic rings. The topological polar surface area (TPSA) is 109 Å². The molecule has 2 aliphatic heterocycles. The zero-order chi connectivity index (χ0) is 25.1. The Balaban J connectivity index is 1.31. The van der Waals surface area contributed by atoms with E-state index in [9.17, 15) is 0 Å². The van der Waals surface area contributed by atoms with Crippen molar-refractivity contribution in [1.29, 1.82) is 5.26 Å². The molecule has 11 heteroatoms. The summed E-state index contributed by atoms with van der Waals surface area (Å²) >= 11 is 6.22. The first kappa shape index (κ1) is 24.2. The van der Waals surface area contributed by atoms with Crippen LogP contribution < -0.4 is 15.0 Å². The van der Waals surface area contributed by atoms with Gasteiger partial charge in [-0.15, -0.1) is 0 Å². The number of rotatable bonds is 7. The number of aromatic nitrogens is 4. The number of benzene rings is 1. The molecule has 2 aromatic heterocycles. The van der Waals surface area contributed by atoms with E-state index in [1.807, 2.05) is 18.5 Å². The van der Waals surface area contributed by atoms with Crippen molar-refractivity contribution in [3.63, 3.8) is 0 Å². The minimum atomic E-state index is -0.714. The van der Waals surface area contributed by atoms with Crippen LogP contribution in [-0.2, 0) is 11.2 Å². The third-order valence-electron chi connectivity index (χ3n) is 6.37. The van der Waals surface area contributed by atoms with Crippen LogP contribution in [0.4, 0.5) is 21.8 Å². The standard InChI is InChI=1S/C25H25ClFN7O2/c1-2-3-16-8-29-25(30-9-16)34-10-17-12-35-13-18(11-34)22(17)36-24-21(27)23(31-14-32-24)33-20-5-4-15(7-28)6-19(20)26/h4-6,8-9,14,17-18,22H,2-3,10-13H2,1H3,(H,31,32,33). The van der Waals surface area contributed by atoms with Crippen molar-refractivity contribution in [3.05, 3.63) is 58.9 Å². The highest BCUT2D eigenvalue weighted by molar-refractivity contribution is 6.33. The normalized spacial score (nSPS) is 21.1. The molecule has 9 nitrogen and oxygen atoms in total. The minimum Gasteiger partial charge on any atom is -0.471 e. The lowest BCUT2D eigenvalue weighted by molar-refractivity contribution is -0.0780. The number of halogens is 2. The van der Waals surface area contributed by atoms with Crippen LogP contribution in [0.1, 0.15) is 24.5 Å². The average molecular weight is 510 g/mol. The number of nitrogens with zero attached hydrogens (tertiary/aromatic N) is 6. The maximum absolute atomic E-state index is 15.3. The van der Waals surface area contributed by atoms with Crippen LogP contribution in [0.2, 0.25) is 5.02 Å². The second kappa shape index (κ2) is 10.6. The van der Waals surface area contributed by atoms with Gasteiger partial charge in [-0.05, 0) is 30.2 Å². The number of aryl methyl sites for hydroxylation is 1. The number of anilines is 3. The van der Waals surface area contributed by atoms with E-state index in [-0.39, 0.29) is 34.7 Å². The molecule has 0 spiro atoms. The maximum Gasteiger partial charge on any atom is 0.256 e. The average Bonchev–Trinajstić information content (AvgIpc) is 2.88. The highest BCUT2D eigenvalue weighted by Crippen LogP contribution is 2.34. The Hall–Kier alpha value is -3.55. The van der Waals surface area contributed by atoms with Gasteiger partial charge in [0.2, 0.25) is 11.8 Å². The highest BCUT2D eigenvalue weighted by Gasteiger charge is 2.43. The minimum absolute atomic E-state index is 0.00448. The van der Waals surface area contributed by atoms with Crippen molar-refractivity contribution >= 4 is 29.1 Å². The van der Waals surface area contributed by atoms with Crippen LogP contribution in [0.15, 0.2) is 36.9 Å². The zero-order valence-electron chi connectivity index (χ0n) is 19.7. The molecule has 1 N–H and O–H groups in total. The summed E-state index contributed by atoms with van der Waals surface area (Å²) in [6.45, 7) is 4.37. The van der Waals surface area contributed by atoms with E-state index in [0.29, 0.717) is 43.5 Å². The molecule has 1 aromatic carbocycles. The van der Waals surface area contributed by atoms with Crippen molar-refractivity contribution in [2.45, 2.75) is 25.9 Å². The molecule has 36 heavy (non-hydrogen) atoms.